The molecule has 3 N–H and O–H groups in total. The summed E-state index contributed by atoms with van der Waals surface area (Å²) in [5.41, 5.74) is 5.02. The summed E-state index contributed by atoms with van der Waals surface area (Å²) in [6, 6.07) is 22.5. The van der Waals surface area contributed by atoms with Crippen molar-refractivity contribution in [2.75, 3.05) is 22.5 Å². The number of nitrogens with one attached hydrogen (secondary N) is 3. The molecule has 3 rings (SSSR count). The normalized spacial score (nSPS) is 10.3. The third-order valence-corrected chi connectivity index (χ3v) is 4.59. The molecule has 0 unspecified atom stereocenters. The average molecular weight is 387 g/mol. The molecule has 0 aromatic heterocycles. The minimum atomic E-state index is -0.172. The summed E-state index contributed by atoms with van der Waals surface area (Å²) in [4.78, 5) is 24.6. The van der Waals surface area contributed by atoms with Gasteiger partial charge >= 0.3 is 0 Å². The Balaban J connectivity index is 1.61. The molecule has 3 aromatic carbocycles. The fourth-order valence-corrected chi connectivity index (χ4v) is 2.93. The first-order valence-electron chi connectivity index (χ1n) is 9.65. The van der Waals surface area contributed by atoms with Crippen LogP contribution in [0.25, 0.3) is 0 Å². The first-order chi connectivity index (χ1) is 14.0. The molecular weight excluding hydrogens is 362 g/mol. The molecule has 0 aliphatic heterocycles. The quantitative estimate of drug-likeness (QED) is 0.542. The van der Waals surface area contributed by atoms with E-state index in [0.717, 1.165) is 23.4 Å². The van der Waals surface area contributed by atoms with Crippen LogP contribution in [0.1, 0.15) is 28.4 Å². The van der Waals surface area contributed by atoms with Gasteiger partial charge in [-0.3, -0.25) is 9.59 Å². The Morgan fingerprint density at radius 3 is 2.34 bits per heavy atom. The summed E-state index contributed by atoms with van der Waals surface area (Å²) in [6.45, 7) is 4.16. The fourth-order valence-electron chi connectivity index (χ4n) is 2.93. The number of amides is 2. The highest BCUT2D eigenvalue weighted by Gasteiger charge is 2.08. The SMILES string of the molecule is CCc1cccc(NC(=O)CNc2cc(NC(=O)c3ccccc3)ccc2C)c1. The molecule has 0 fully saturated rings. The molecule has 0 saturated heterocycles. The summed E-state index contributed by atoms with van der Waals surface area (Å²) in [6.07, 6.45) is 0.919. The zero-order valence-electron chi connectivity index (χ0n) is 16.7. The van der Waals surface area contributed by atoms with Crippen molar-refractivity contribution >= 4 is 28.9 Å². The van der Waals surface area contributed by atoms with Gasteiger partial charge in [-0.05, 0) is 60.9 Å². The summed E-state index contributed by atoms with van der Waals surface area (Å²) in [5, 5.41) is 8.94. The Morgan fingerprint density at radius 1 is 0.828 bits per heavy atom. The second-order valence-corrected chi connectivity index (χ2v) is 6.81. The van der Waals surface area contributed by atoms with Crippen molar-refractivity contribution in [3.05, 3.63) is 89.5 Å². The Morgan fingerprint density at radius 2 is 1.59 bits per heavy atom. The van der Waals surface area contributed by atoms with Crippen LogP contribution in [-0.2, 0) is 11.2 Å². The molecular formula is C24H25N3O2. The van der Waals surface area contributed by atoms with E-state index in [-0.39, 0.29) is 18.4 Å². The number of rotatable bonds is 7. The number of hydrogen-bond donors (Lipinski definition) is 3. The fraction of sp³-hybridized carbons (Fsp3) is 0.167. The number of aryl methyl sites for hydroxylation is 2. The van der Waals surface area contributed by atoms with Gasteiger partial charge < -0.3 is 16.0 Å². The molecule has 5 nitrogen and oxygen atoms in total. The van der Waals surface area contributed by atoms with Gasteiger partial charge in [-0.1, -0.05) is 43.3 Å². The second-order valence-electron chi connectivity index (χ2n) is 6.81. The van der Waals surface area contributed by atoms with Crippen molar-refractivity contribution in [1.29, 1.82) is 0 Å². The first-order valence-corrected chi connectivity index (χ1v) is 9.65. The zero-order valence-corrected chi connectivity index (χ0v) is 16.7. The topological polar surface area (TPSA) is 70.2 Å². The van der Waals surface area contributed by atoms with Crippen LogP contribution in [0.15, 0.2) is 72.8 Å². The highest BCUT2D eigenvalue weighted by Crippen LogP contribution is 2.21. The summed E-state index contributed by atoms with van der Waals surface area (Å²) < 4.78 is 0. The van der Waals surface area contributed by atoms with Crippen LogP contribution in [0.3, 0.4) is 0 Å². The monoisotopic (exact) mass is 387 g/mol. The van der Waals surface area contributed by atoms with Gasteiger partial charge in [-0.2, -0.15) is 0 Å². The lowest BCUT2D eigenvalue weighted by Gasteiger charge is -2.13. The molecule has 0 aliphatic carbocycles. The van der Waals surface area contributed by atoms with E-state index < -0.39 is 0 Å². The number of hydrogen-bond acceptors (Lipinski definition) is 3. The number of benzene rings is 3. The lowest BCUT2D eigenvalue weighted by molar-refractivity contribution is -0.114. The van der Waals surface area contributed by atoms with Gasteiger partial charge in [-0.25, -0.2) is 0 Å². The van der Waals surface area contributed by atoms with E-state index in [9.17, 15) is 9.59 Å². The van der Waals surface area contributed by atoms with Crippen LogP contribution in [0.5, 0.6) is 0 Å². The van der Waals surface area contributed by atoms with Gasteiger partial charge in [-0.15, -0.1) is 0 Å². The van der Waals surface area contributed by atoms with E-state index in [1.54, 1.807) is 12.1 Å². The minimum Gasteiger partial charge on any atom is -0.376 e. The van der Waals surface area contributed by atoms with Gasteiger partial charge in [0.15, 0.2) is 0 Å². The smallest absolute Gasteiger partial charge is 0.255 e. The molecule has 5 heteroatoms. The Labute approximate surface area is 171 Å². The van der Waals surface area contributed by atoms with Crippen LogP contribution < -0.4 is 16.0 Å². The Hall–Kier alpha value is -3.60. The van der Waals surface area contributed by atoms with Crippen LogP contribution in [0.4, 0.5) is 17.1 Å². The van der Waals surface area contributed by atoms with E-state index >= 15 is 0 Å². The van der Waals surface area contributed by atoms with Crippen LogP contribution in [0, 0.1) is 6.92 Å². The Kier molecular flexibility index (Phi) is 6.63. The van der Waals surface area contributed by atoms with Crippen molar-refractivity contribution in [2.24, 2.45) is 0 Å². The van der Waals surface area contributed by atoms with E-state index in [0.29, 0.717) is 11.3 Å². The molecule has 2 amide bonds. The van der Waals surface area contributed by atoms with Gasteiger partial charge in [0.2, 0.25) is 5.91 Å². The molecule has 0 atom stereocenters. The maximum atomic E-state index is 12.3. The predicted octanol–water partition coefficient (Wildman–Crippen LogP) is 4.86. The second kappa shape index (κ2) is 9.55. The van der Waals surface area contributed by atoms with Crippen molar-refractivity contribution in [3.63, 3.8) is 0 Å². The van der Waals surface area contributed by atoms with Gasteiger partial charge in [0.1, 0.15) is 0 Å². The molecule has 148 valence electrons. The highest BCUT2D eigenvalue weighted by molar-refractivity contribution is 6.04. The molecule has 0 spiro atoms. The van der Waals surface area contributed by atoms with Crippen molar-refractivity contribution in [3.8, 4) is 0 Å². The van der Waals surface area contributed by atoms with E-state index in [1.165, 1.54) is 5.56 Å². The van der Waals surface area contributed by atoms with Crippen LogP contribution >= 0.6 is 0 Å². The van der Waals surface area contributed by atoms with E-state index in [2.05, 4.69) is 22.9 Å². The summed E-state index contributed by atoms with van der Waals surface area (Å²) in [5.74, 6) is -0.301. The van der Waals surface area contributed by atoms with E-state index in [4.69, 9.17) is 0 Å². The number of anilines is 3. The summed E-state index contributed by atoms with van der Waals surface area (Å²) >= 11 is 0. The van der Waals surface area contributed by atoms with Crippen molar-refractivity contribution in [1.82, 2.24) is 0 Å². The number of carbonyl (C=O) groups excluding carboxylic acids is 2. The maximum Gasteiger partial charge on any atom is 0.255 e. The lowest BCUT2D eigenvalue weighted by Crippen LogP contribution is -2.22. The average Bonchev–Trinajstić information content (AvgIpc) is 2.74. The molecule has 0 radical (unpaired) electrons. The maximum absolute atomic E-state index is 12.3. The first kappa shape index (κ1) is 20.1. The van der Waals surface area contributed by atoms with Gasteiger partial charge in [0, 0.05) is 22.6 Å². The molecule has 29 heavy (non-hydrogen) atoms. The van der Waals surface area contributed by atoms with Crippen LogP contribution in [-0.4, -0.2) is 18.4 Å². The highest BCUT2D eigenvalue weighted by atomic mass is 16.2. The zero-order chi connectivity index (χ0) is 20.6. The molecule has 0 bridgehead atoms. The number of carbonyl (C=O) groups is 2. The standard InChI is InChI=1S/C24H25N3O2/c1-3-18-8-7-11-20(14-18)26-23(28)16-25-22-15-21(13-12-17(22)2)27-24(29)19-9-5-4-6-10-19/h4-15,25H,3,16H2,1-2H3,(H,26,28)(H,27,29). The molecule has 0 saturated carbocycles. The van der Waals surface area contributed by atoms with E-state index in [1.807, 2.05) is 67.6 Å². The minimum absolute atomic E-state index is 0.128. The lowest BCUT2D eigenvalue weighted by atomic mass is 10.1. The summed E-state index contributed by atoms with van der Waals surface area (Å²) in [7, 11) is 0. The molecule has 3 aromatic rings. The third-order valence-electron chi connectivity index (χ3n) is 4.59. The van der Waals surface area contributed by atoms with Gasteiger partial charge in [0.25, 0.3) is 5.91 Å². The van der Waals surface area contributed by atoms with Crippen molar-refractivity contribution in [2.45, 2.75) is 20.3 Å². The van der Waals surface area contributed by atoms with Crippen molar-refractivity contribution < 1.29 is 9.59 Å². The Bertz CT molecular complexity index is 1000. The largest absolute Gasteiger partial charge is 0.376 e. The van der Waals surface area contributed by atoms with Crippen LogP contribution in [0.2, 0.25) is 0 Å². The molecule has 0 heterocycles. The van der Waals surface area contributed by atoms with Gasteiger partial charge in [0.05, 0.1) is 6.54 Å². The third kappa shape index (κ3) is 5.69. The predicted molar refractivity (Wildman–Crippen MR) is 119 cm³/mol. The molecule has 0 aliphatic rings.